The fraction of sp³-hybridized carbons (Fsp3) is 0.409. The topological polar surface area (TPSA) is 114 Å². The van der Waals surface area contributed by atoms with Crippen LogP contribution in [0.5, 0.6) is 5.75 Å². The number of ether oxygens (including phenoxy) is 1. The minimum atomic E-state index is -0.565. The number of benzene rings is 1. The van der Waals surface area contributed by atoms with Crippen LogP contribution in [-0.2, 0) is 22.4 Å². The van der Waals surface area contributed by atoms with Crippen LogP contribution in [0, 0.1) is 0 Å². The van der Waals surface area contributed by atoms with Gasteiger partial charge in [0.15, 0.2) is 0 Å². The normalized spacial score (nSPS) is 13.5. The number of hydrogen-bond acceptors (Lipinski definition) is 6. The van der Waals surface area contributed by atoms with E-state index in [1.807, 2.05) is 6.92 Å². The second-order valence-corrected chi connectivity index (χ2v) is 8.54. The van der Waals surface area contributed by atoms with Crippen LogP contribution in [-0.4, -0.2) is 48.9 Å². The van der Waals surface area contributed by atoms with E-state index in [1.54, 1.807) is 43.2 Å². The number of hydrogen-bond donors (Lipinski definition) is 3. The smallest absolute Gasteiger partial charge is 0.251 e. The van der Waals surface area contributed by atoms with Crippen LogP contribution in [0.25, 0.3) is 0 Å². The Balaban J connectivity index is 1.63. The van der Waals surface area contributed by atoms with E-state index in [2.05, 4.69) is 10.6 Å². The van der Waals surface area contributed by atoms with Gasteiger partial charge in [0.05, 0.1) is 25.3 Å². The van der Waals surface area contributed by atoms with Gasteiger partial charge in [-0.15, -0.1) is 11.3 Å². The minimum absolute atomic E-state index is 0.0563. The average molecular weight is 445 g/mol. The van der Waals surface area contributed by atoms with Crippen LogP contribution in [0.4, 0.5) is 10.7 Å². The Morgan fingerprint density at radius 2 is 1.90 bits per heavy atom. The molecule has 0 spiro atoms. The molecular weight excluding hydrogens is 416 g/mol. The van der Waals surface area contributed by atoms with Gasteiger partial charge in [-0.2, -0.15) is 0 Å². The molecule has 1 aromatic carbocycles. The van der Waals surface area contributed by atoms with Gasteiger partial charge in [0.1, 0.15) is 10.8 Å². The molecule has 1 aromatic heterocycles. The first-order valence-corrected chi connectivity index (χ1v) is 11.1. The predicted molar refractivity (Wildman–Crippen MR) is 122 cm³/mol. The second-order valence-electron chi connectivity index (χ2n) is 7.43. The number of amides is 3. The number of thiophene rings is 1. The lowest BCUT2D eigenvalue weighted by atomic mass is 10.1. The highest BCUT2D eigenvalue weighted by Crippen LogP contribution is 2.38. The lowest BCUT2D eigenvalue weighted by molar-refractivity contribution is -0.123. The van der Waals surface area contributed by atoms with Crippen LogP contribution in [0.15, 0.2) is 24.3 Å². The summed E-state index contributed by atoms with van der Waals surface area (Å²) in [4.78, 5) is 40.2. The van der Waals surface area contributed by atoms with Crippen LogP contribution in [0.3, 0.4) is 0 Å². The van der Waals surface area contributed by atoms with Crippen molar-refractivity contribution >= 4 is 39.7 Å². The molecule has 0 saturated heterocycles. The zero-order valence-electron chi connectivity index (χ0n) is 18.0. The molecule has 0 aliphatic heterocycles. The summed E-state index contributed by atoms with van der Waals surface area (Å²) in [6, 6.07) is 6.47. The van der Waals surface area contributed by atoms with Crippen molar-refractivity contribution in [3.63, 3.8) is 0 Å². The molecule has 2 aromatic rings. The Bertz CT molecular complexity index is 971. The molecule has 31 heavy (non-hydrogen) atoms. The van der Waals surface area contributed by atoms with Gasteiger partial charge in [-0.1, -0.05) is 6.92 Å². The molecule has 9 heteroatoms. The zero-order valence-corrected chi connectivity index (χ0v) is 18.8. The molecule has 0 fully saturated rings. The number of carbonyl (C=O) groups excluding carboxylic acids is 3. The maximum atomic E-state index is 12.9. The fourth-order valence-corrected chi connectivity index (χ4v) is 5.01. The highest BCUT2D eigenvalue weighted by molar-refractivity contribution is 7.17. The minimum Gasteiger partial charge on any atom is -0.497 e. The third kappa shape index (κ3) is 5.23. The van der Waals surface area contributed by atoms with Gasteiger partial charge in [-0.3, -0.25) is 19.3 Å². The second kappa shape index (κ2) is 9.93. The molecule has 0 bridgehead atoms. The quantitative estimate of drug-likeness (QED) is 0.550. The van der Waals surface area contributed by atoms with E-state index >= 15 is 0 Å². The van der Waals surface area contributed by atoms with Crippen molar-refractivity contribution < 1.29 is 19.1 Å². The Kier molecular flexibility index (Phi) is 7.29. The van der Waals surface area contributed by atoms with Gasteiger partial charge in [0.25, 0.3) is 5.91 Å². The van der Waals surface area contributed by atoms with E-state index in [0.29, 0.717) is 28.5 Å². The number of primary amides is 1. The number of nitrogens with zero attached hydrogens (tertiary/aromatic N) is 1. The lowest BCUT2D eigenvalue weighted by Gasteiger charge is -2.26. The number of anilines is 2. The third-order valence-corrected chi connectivity index (χ3v) is 6.67. The highest BCUT2D eigenvalue weighted by atomic mass is 32.1. The maximum absolute atomic E-state index is 12.9. The van der Waals surface area contributed by atoms with Crippen molar-refractivity contribution in [3.05, 3.63) is 40.3 Å². The SMILES string of the molecule is CCN(CC(=O)Nc1ccc(OC)cc1)C(C)C(=O)Nc1sc2c(c1C(N)=O)CCC2. The summed E-state index contributed by atoms with van der Waals surface area (Å²) >= 11 is 1.42. The lowest BCUT2D eigenvalue weighted by Crippen LogP contribution is -2.45. The Labute approximate surface area is 185 Å². The fourth-order valence-electron chi connectivity index (χ4n) is 3.72. The molecule has 4 N–H and O–H groups in total. The average Bonchev–Trinajstić information content (AvgIpc) is 3.32. The first-order chi connectivity index (χ1) is 14.8. The number of nitrogens with two attached hydrogens (primary N) is 1. The largest absolute Gasteiger partial charge is 0.497 e. The molecule has 166 valence electrons. The molecule has 1 aliphatic rings. The van der Waals surface area contributed by atoms with Gasteiger partial charge < -0.3 is 21.1 Å². The molecule has 1 heterocycles. The summed E-state index contributed by atoms with van der Waals surface area (Å²) in [5.41, 5.74) is 7.62. The van der Waals surface area contributed by atoms with Crippen molar-refractivity contribution in [2.75, 3.05) is 30.8 Å². The van der Waals surface area contributed by atoms with Gasteiger partial charge >= 0.3 is 0 Å². The Morgan fingerprint density at radius 3 is 2.52 bits per heavy atom. The van der Waals surface area contributed by atoms with Crippen LogP contribution < -0.4 is 21.1 Å². The number of aryl methyl sites for hydroxylation is 1. The summed E-state index contributed by atoms with van der Waals surface area (Å²) in [5.74, 6) is -0.317. The number of rotatable bonds is 9. The van der Waals surface area contributed by atoms with Crippen molar-refractivity contribution in [1.29, 1.82) is 0 Å². The van der Waals surface area contributed by atoms with E-state index in [0.717, 1.165) is 29.7 Å². The molecule has 1 unspecified atom stereocenters. The molecule has 0 radical (unpaired) electrons. The monoisotopic (exact) mass is 444 g/mol. The Hall–Kier alpha value is -2.91. The van der Waals surface area contributed by atoms with E-state index in [1.165, 1.54) is 11.3 Å². The van der Waals surface area contributed by atoms with Crippen molar-refractivity contribution in [2.45, 2.75) is 39.2 Å². The number of carbonyl (C=O) groups is 3. The molecule has 3 rings (SSSR count). The van der Waals surface area contributed by atoms with Crippen LogP contribution >= 0.6 is 11.3 Å². The Morgan fingerprint density at radius 1 is 1.19 bits per heavy atom. The van der Waals surface area contributed by atoms with Gasteiger partial charge in [-0.05, 0) is 62.6 Å². The van der Waals surface area contributed by atoms with Gasteiger partial charge in [0.2, 0.25) is 11.8 Å². The van der Waals surface area contributed by atoms with E-state index in [4.69, 9.17) is 10.5 Å². The predicted octanol–water partition coefficient (Wildman–Crippen LogP) is 2.63. The molecule has 8 nitrogen and oxygen atoms in total. The van der Waals surface area contributed by atoms with Crippen molar-refractivity contribution in [1.82, 2.24) is 4.90 Å². The van der Waals surface area contributed by atoms with Crippen LogP contribution in [0.2, 0.25) is 0 Å². The third-order valence-electron chi connectivity index (χ3n) is 5.46. The molecule has 1 atom stereocenters. The molecule has 3 amide bonds. The van der Waals surface area contributed by atoms with E-state index in [-0.39, 0.29) is 18.4 Å². The van der Waals surface area contributed by atoms with E-state index < -0.39 is 11.9 Å². The van der Waals surface area contributed by atoms with Crippen LogP contribution in [0.1, 0.15) is 41.1 Å². The maximum Gasteiger partial charge on any atom is 0.251 e. The van der Waals surface area contributed by atoms with Crippen molar-refractivity contribution in [3.8, 4) is 5.75 Å². The summed E-state index contributed by atoms with van der Waals surface area (Å²) in [6.45, 7) is 4.19. The molecular formula is C22H28N4O4S. The summed E-state index contributed by atoms with van der Waals surface area (Å²) < 4.78 is 5.11. The summed E-state index contributed by atoms with van der Waals surface area (Å²) in [7, 11) is 1.58. The number of likely N-dealkylation sites (N-methyl/N-ethyl adjacent to an activating group) is 1. The number of methoxy groups -OCH3 is 1. The molecule has 1 aliphatic carbocycles. The highest BCUT2D eigenvalue weighted by Gasteiger charge is 2.28. The first kappa shape index (κ1) is 22.8. The van der Waals surface area contributed by atoms with Gasteiger partial charge in [-0.25, -0.2) is 0 Å². The summed E-state index contributed by atoms with van der Waals surface area (Å²) in [5, 5.41) is 6.19. The van der Waals surface area contributed by atoms with Crippen molar-refractivity contribution in [2.24, 2.45) is 5.73 Å². The number of fused-ring (bicyclic) bond motifs is 1. The zero-order chi connectivity index (χ0) is 22.5. The van der Waals surface area contributed by atoms with E-state index in [9.17, 15) is 14.4 Å². The number of nitrogens with one attached hydrogen (secondary N) is 2. The van der Waals surface area contributed by atoms with Gasteiger partial charge in [0, 0.05) is 10.6 Å². The first-order valence-electron chi connectivity index (χ1n) is 10.3. The standard InChI is InChI=1S/C22H28N4O4S/c1-4-26(12-18(27)24-14-8-10-15(30-3)11-9-14)13(2)21(29)25-22-19(20(23)28)16-6-5-7-17(16)31-22/h8-11,13H,4-7,12H2,1-3H3,(H2,23,28)(H,24,27)(H,25,29). The summed E-state index contributed by atoms with van der Waals surface area (Å²) in [6.07, 6.45) is 2.71. The molecule has 0 saturated carbocycles.